The van der Waals surface area contributed by atoms with Crippen molar-refractivity contribution in [3.05, 3.63) is 52.4 Å². The minimum absolute atomic E-state index is 0.0137. The van der Waals surface area contributed by atoms with E-state index >= 15 is 0 Å². The maximum absolute atomic E-state index is 14.7. The van der Waals surface area contributed by atoms with E-state index in [-0.39, 0.29) is 47.4 Å². The number of nitrogens with zero attached hydrogens (tertiary/aromatic N) is 3. The SMILES string of the molecule is CNC(=O)c1c(C(N)=O)nc2n1CCOc1cc(F)c(C#C[C@@H](O)c3cc(C)on3)cc1-2. The van der Waals surface area contributed by atoms with Crippen molar-refractivity contribution in [1.29, 1.82) is 0 Å². The fraction of sp³-hybridized carbons (Fsp3) is 0.238. The Morgan fingerprint density at radius 3 is 2.81 bits per heavy atom. The molecule has 2 amide bonds. The van der Waals surface area contributed by atoms with Crippen LogP contribution in [-0.4, -0.2) is 45.3 Å². The molecule has 11 heteroatoms. The van der Waals surface area contributed by atoms with Gasteiger partial charge in [0, 0.05) is 19.2 Å². The van der Waals surface area contributed by atoms with Crippen LogP contribution >= 0.6 is 0 Å². The number of ether oxygens (including phenoxy) is 1. The molecule has 1 atom stereocenters. The molecule has 10 nitrogen and oxygen atoms in total. The maximum atomic E-state index is 14.7. The van der Waals surface area contributed by atoms with E-state index < -0.39 is 23.7 Å². The van der Waals surface area contributed by atoms with Crippen LogP contribution in [0.5, 0.6) is 5.75 Å². The van der Waals surface area contributed by atoms with Gasteiger partial charge in [0.15, 0.2) is 11.8 Å². The number of halogens is 1. The summed E-state index contributed by atoms with van der Waals surface area (Å²) < 4.78 is 26.7. The Kier molecular flexibility index (Phi) is 5.38. The number of rotatable bonds is 3. The van der Waals surface area contributed by atoms with Crippen LogP contribution in [0.1, 0.15) is 44.1 Å². The highest BCUT2D eigenvalue weighted by Gasteiger charge is 2.29. The van der Waals surface area contributed by atoms with E-state index in [0.29, 0.717) is 11.3 Å². The molecule has 0 saturated heterocycles. The Balaban J connectivity index is 1.83. The summed E-state index contributed by atoms with van der Waals surface area (Å²) in [5.74, 6) is 3.87. The third-order valence-corrected chi connectivity index (χ3v) is 4.80. The Hall–Kier alpha value is -4.17. The maximum Gasteiger partial charge on any atom is 0.270 e. The zero-order valence-electron chi connectivity index (χ0n) is 17.1. The molecule has 0 radical (unpaired) electrons. The fourth-order valence-corrected chi connectivity index (χ4v) is 3.32. The first-order valence-corrected chi connectivity index (χ1v) is 9.52. The van der Waals surface area contributed by atoms with E-state index in [0.717, 1.165) is 6.07 Å². The number of benzene rings is 1. The minimum atomic E-state index is -1.29. The van der Waals surface area contributed by atoms with Crippen molar-refractivity contribution in [3.8, 4) is 29.0 Å². The molecule has 0 aliphatic carbocycles. The molecule has 1 aromatic carbocycles. The average Bonchev–Trinajstić information content (AvgIpc) is 3.32. The fourth-order valence-electron chi connectivity index (χ4n) is 3.32. The van der Waals surface area contributed by atoms with E-state index in [2.05, 4.69) is 27.3 Å². The highest BCUT2D eigenvalue weighted by atomic mass is 19.1. The number of aromatic nitrogens is 3. The second kappa shape index (κ2) is 8.16. The minimum Gasteiger partial charge on any atom is -0.491 e. The van der Waals surface area contributed by atoms with Crippen molar-refractivity contribution in [2.75, 3.05) is 13.7 Å². The third-order valence-electron chi connectivity index (χ3n) is 4.80. The molecule has 3 heterocycles. The lowest BCUT2D eigenvalue weighted by Gasteiger charge is -2.08. The van der Waals surface area contributed by atoms with Gasteiger partial charge in [-0.1, -0.05) is 17.0 Å². The molecule has 0 spiro atoms. The number of primary amides is 1. The smallest absolute Gasteiger partial charge is 0.270 e. The number of carbonyl (C=O) groups excluding carboxylic acids is 2. The van der Waals surface area contributed by atoms with E-state index in [4.69, 9.17) is 15.0 Å². The van der Waals surface area contributed by atoms with Crippen molar-refractivity contribution in [2.24, 2.45) is 5.73 Å². The van der Waals surface area contributed by atoms with Gasteiger partial charge in [-0.15, -0.1) is 0 Å². The van der Waals surface area contributed by atoms with Gasteiger partial charge in [-0.05, 0) is 13.0 Å². The van der Waals surface area contributed by atoms with E-state index in [9.17, 15) is 19.1 Å². The van der Waals surface area contributed by atoms with Crippen LogP contribution in [0.3, 0.4) is 0 Å². The molecule has 1 aliphatic rings. The standard InChI is InChI=1S/C21H18FN5O5/c1-10-7-14(26-32-10)15(28)4-3-11-8-12-16(9-13(11)22)31-6-5-27-18(21(30)24-2)17(19(23)29)25-20(12)27/h7-9,15,28H,5-6H2,1-2H3,(H2,23,29)(H,24,30)/t15-/m1/s1. The predicted octanol–water partition coefficient (Wildman–Crippen LogP) is 0.922. The van der Waals surface area contributed by atoms with Crippen LogP contribution < -0.4 is 15.8 Å². The van der Waals surface area contributed by atoms with Gasteiger partial charge in [0.05, 0.1) is 17.7 Å². The molecule has 1 aliphatic heterocycles. The molecule has 164 valence electrons. The van der Waals surface area contributed by atoms with Crippen LogP contribution in [0.2, 0.25) is 0 Å². The number of carbonyl (C=O) groups is 2. The van der Waals surface area contributed by atoms with Gasteiger partial charge in [-0.25, -0.2) is 9.37 Å². The summed E-state index contributed by atoms with van der Waals surface area (Å²) >= 11 is 0. The molecule has 4 rings (SSSR count). The lowest BCUT2D eigenvalue weighted by molar-refractivity contribution is 0.0933. The highest BCUT2D eigenvalue weighted by molar-refractivity contribution is 6.05. The van der Waals surface area contributed by atoms with E-state index in [1.54, 1.807) is 6.92 Å². The van der Waals surface area contributed by atoms with Gasteiger partial charge in [0.1, 0.15) is 41.1 Å². The number of hydrogen-bond donors (Lipinski definition) is 3. The average molecular weight is 439 g/mol. The second-order valence-corrected chi connectivity index (χ2v) is 6.94. The normalized spacial score (nSPS) is 13.0. The van der Waals surface area contributed by atoms with Crippen LogP contribution in [0.25, 0.3) is 11.4 Å². The summed E-state index contributed by atoms with van der Waals surface area (Å²) in [5.41, 5.74) is 5.67. The molecule has 4 N–H and O–H groups in total. The van der Waals surface area contributed by atoms with Crippen LogP contribution in [0.4, 0.5) is 4.39 Å². The van der Waals surface area contributed by atoms with Crippen molar-refractivity contribution in [1.82, 2.24) is 20.0 Å². The zero-order valence-corrected chi connectivity index (χ0v) is 17.1. The first kappa shape index (κ1) is 21.1. The summed E-state index contributed by atoms with van der Waals surface area (Å²) in [6, 6.07) is 4.03. The first-order chi connectivity index (χ1) is 15.3. The lowest BCUT2D eigenvalue weighted by Crippen LogP contribution is -2.26. The summed E-state index contributed by atoms with van der Waals surface area (Å²) in [5, 5.41) is 16.3. The topological polar surface area (TPSA) is 146 Å². The summed E-state index contributed by atoms with van der Waals surface area (Å²) in [4.78, 5) is 28.5. The molecule has 0 unspecified atom stereocenters. The number of aliphatic hydroxyl groups excluding tert-OH is 1. The largest absolute Gasteiger partial charge is 0.491 e. The van der Waals surface area contributed by atoms with Crippen molar-refractivity contribution in [3.63, 3.8) is 0 Å². The van der Waals surface area contributed by atoms with Gasteiger partial charge < -0.3 is 30.0 Å². The number of fused-ring (bicyclic) bond motifs is 3. The number of aliphatic hydroxyl groups is 1. The van der Waals surface area contributed by atoms with E-state index in [1.165, 1.54) is 23.7 Å². The third kappa shape index (κ3) is 3.67. The number of nitrogens with one attached hydrogen (secondary N) is 1. The Labute approximate surface area is 181 Å². The molecule has 32 heavy (non-hydrogen) atoms. The number of amides is 2. The number of aryl methyl sites for hydroxylation is 1. The van der Waals surface area contributed by atoms with E-state index in [1.807, 2.05) is 0 Å². The highest BCUT2D eigenvalue weighted by Crippen LogP contribution is 2.35. The van der Waals surface area contributed by atoms with Crippen LogP contribution in [0.15, 0.2) is 22.7 Å². The van der Waals surface area contributed by atoms with Gasteiger partial charge >= 0.3 is 0 Å². The zero-order chi connectivity index (χ0) is 23.0. The molecule has 3 aromatic rings. The summed E-state index contributed by atoms with van der Waals surface area (Å²) in [7, 11) is 1.42. The number of nitrogens with two attached hydrogens (primary N) is 1. The summed E-state index contributed by atoms with van der Waals surface area (Å²) in [6.07, 6.45) is -1.29. The molecule has 0 fully saturated rings. The number of hydrogen-bond acceptors (Lipinski definition) is 7. The number of imidazole rings is 1. The van der Waals surface area contributed by atoms with Gasteiger partial charge in [0.25, 0.3) is 11.8 Å². The molecule has 2 aromatic heterocycles. The molecular weight excluding hydrogens is 421 g/mol. The molecule has 0 saturated carbocycles. The van der Waals surface area contributed by atoms with Gasteiger partial charge in [0.2, 0.25) is 0 Å². The monoisotopic (exact) mass is 439 g/mol. The summed E-state index contributed by atoms with van der Waals surface area (Å²) in [6.45, 7) is 1.95. The van der Waals surface area contributed by atoms with Crippen molar-refractivity contribution in [2.45, 2.75) is 19.6 Å². The van der Waals surface area contributed by atoms with Gasteiger partial charge in [-0.2, -0.15) is 0 Å². The predicted molar refractivity (Wildman–Crippen MR) is 108 cm³/mol. The van der Waals surface area contributed by atoms with Gasteiger partial charge in [-0.3, -0.25) is 9.59 Å². The van der Waals surface area contributed by atoms with Crippen LogP contribution in [0, 0.1) is 24.6 Å². The first-order valence-electron chi connectivity index (χ1n) is 9.52. The Bertz CT molecular complexity index is 1300. The lowest BCUT2D eigenvalue weighted by atomic mass is 10.1. The van der Waals surface area contributed by atoms with Crippen molar-refractivity contribution >= 4 is 11.8 Å². The Morgan fingerprint density at radius 1 is 1.38 bits per heavy atom. The second-order valence-electron chi connectivity index (χ2n) is 6.94. The van der Waals surface area contributed by atoms with Crippen molar-refractivity contribution < 1.29 is 28.3 Å². The molecular formula is C21H18FN5O5. The molecule has 0 bridgehead atoms. The van der Waals surface area contributed by atoms with Crippen LogP contribution in [-0.2, 0) is 6.54 Å². The quantitative estimate of drug-likeness (QED) is 0.515. The Morgan fingerprint density at radius 2 is 2.16 bits per heavy atom.